The second-order valence-corrected chi connectivity index (χ2v) is 7.80. The van der Waals surface area contributed by atoms with Crippen LogP contribution < -0.4 is 15.9 Å². The number of rotatable bonds is 3. The smallest absolute Gasteiger partial charge is 0.177 e. The van der Waals surface area contributed by atoms with E-state index in [9.17, 15) is 22.1 Å². The third-order valence-corrected chi connectivity index (χ3v) is 6.72. The Morgan fingerprint density at radius 3 is 1.38 bits per heavy atom. The van der Waals surface area contributed by atoms with Crippen LogP contribution in [0.5, 0.6) is 0 Å². The van der Waals surface area contributed by atoms with Gasteiger partial charge in [-0.3, -0.25) is 0 Å². The van der Waals surface area contributed by atoms with Crippen LogP contribution in [0, 0.1) is 23.3 Å². The van der Waals surface area contributed by atoms with Crippen LogP contribution in [0.2, 0.25) is 0 Å². The molecule has 1 nitrogen and oxygen atoms in total. The van der Waals surface area contributed by atoms with Gasteiger partial charge in [0.15, 0.2) is 30.4 Å². The summed E-state index contributed by atoms with van der Waals surface area (Å²) in [6, 6.07) is 15.2. The Hall–Kier alpha value is -2.39. The molecule has 0 unspecified atom stereocenters. The monoisotopic (exact) mass is 350 g/mol. The van der Waals surface area contributed by atoms with Gasteiger partial charge in [-0.1, -0.05) is 60.7 Å². The summed E-state index contributed by atoms with van der Waals surface area (Å²) in [7, 11) is -4.14. The Morgan fingerprint density at radius 1 is 0.625 bits per heavy atom. The van der Waals surface area contributed by atoms with E-state index in [0.717, 1.165) is 0 Å². The van der Waals surface area contributed by atoms with Crippen molar-refractivity contribution < 1.29 is 22.1 Å². The van der Waals surface area contributed by atoms with Gasteiger partial charge in [0.05, 0.1) is 5.30 Å². The van der Waals surface area contributed by atoms with Gasteiger partial charge in [0.2, 0.25) is 0 Å². The quantitative estimate of drug-likeness (QED) is 0.398. The highest BCUT2D eigenvalue weighted by atomic mass is 31.2. The molecule has 0 aliphatic carbocycles. The zero-order chi connectivity index (χ0) is 17.3. The van der Waals surface area contributed by atoms with Gasteiger partial charge < -0.3 is 4.57 Å². The van der Waals surface area contributed by atoms with Crippen molar-refractivity contribution in [1.82, 2.24) is 0 Å². The zero-order valence-corrected chi connectivity index (χ0v) is 13.1. The predicted octanol–water partition coefficient (Wildman–Crippen LogP) is 3.88. The molecule has 24 heavy (non-hydrogen) atoms. The van der Waals surface area contributed by atoms with Crippen molar-refractivity contribution >= 4 is 23.1 Å². The van der Waals surface area contributed by atoms with Crippen LogP contribution in [0.3, 0.4) is 0 Å². The summed E-state index contributed by atoms with van der Waals surface area (Å²) >= 11 is 0. The first-order valence-corrected chi connectivity index (χ1v) is 8.71. The molecule has 3 rings (SSSR count). The highest BCUT2D eigenvalue weighted by Crippen LogP contribution is 2.44. The fraction of sp³-hybridized carbons (Fsp3) is 0. The molecule has 3 aromatic carbocycles. The topological polar surface area (TPSA) is 17.1 Å². The number of hydrogen-bond donors (Lipinski definition) is 0. The second-order valence-electron chi connectivity index (χ2n) is 5.10. The lowest BCUT2D eigenvalue weighted by molar-refractivity contribution is 0.462. The molecule has 0 fully saturated rings. The standard InChI is InChI=1S/C18H11F4OP/c19-14-11-15(20)17(22)18(16(14)21)24(23,12-7-3-1-4-8-12)13-9-5-2-6-10-13/h1-11H. The molecule has 0 N–H and O–H groups in total. The first-order valence-electron chi connectivity index (χ1n) is 7.01. The zero-order valence-electron chi connectivity index (χ0n) is 12.2. The lowest BCUT2D eigenvalue weighted by atomic mass is 10.3. The van der Waals surface area contributed by atoms with Crippen molar-refractivity contribution in [3.05, 3.63) is 90.0 Å². The summed E-state index contributed by atoms with van der Waals surface area (Å²) in [6.45, 7) is 0. The van der Waals surface area contributed by atoms with E-state index in [0.29, 0.717) is 0 Å². The Bertz CT molecular complexity index is 857. The predicted molar refractivity (Wildman–Crippen MR) is 85.7 cm³/mol. The van der Waals surface area contributed by atoms with E-state index in [1.165, 1.54) is 48.5 Å². The molecule has 0 saturated carbocycles. The molecule has 0 bridgehead atoms. The van der Waals surface area contributed by atoms with E-state index in [1.807, 2.05) is 0 Å². The molecule has 0 aromatic heterocycles. The molecule has 0 atom stereocenters. The van der Waals surface area contributed by atoms with Crippen LogP contribution in [0.4, 0.5) is 17.6 Å². The van der Waals surface area contributed by atoms with Gasteiger partial charge in [0.1, 0.15) is 0 Å². The Kier molecular flexibility index (Phi) is 4.29. The van der Waals surface area contributed by atoms with Gasteiger partial charge in [-0.25, -0.2) is 17.6 Å². The maximum Gasteiger partial charge on any atom is 0.177 e. The van der Waals surface area contributed by atoms with E-state index in [2.05, 4.69) is 0 Å². The summed E-state index contributed by atoms with van der Waals surface area (Å²) in [5, 5.41) is -0.921. The molecule has 6 heteroatoms. The average molecular weight is 350 g/mol. The van der Waals surface area contributed by atoms with Gasteiger partial charge >= 0.3 is 0 Å². The molecule has 3 aromatic rings. The normalized spacial score (nSPS) is 11.5. The van der Waals surface area contributed by atoms with E-state index in [-0.39, 0.29) is 16.7 Å². The van der Waals surface area contributed by atoms with E-state index < -0.39 is 35.7 Å². The first-order chi connectivity index (χ1) is 11.5. The Morgan fingerprint density at radius 2 is 1.00 bits per heavy atom. The summed E-state index contributed by atoms with van der Waals surface area (Å²) < 4.78 is 69.8. The molecule has 0 heterocycles. The minimum atomic E-state index is -4.14. The summed E-state index contributed by atoms with van der Waals surface area (Å²) in [5.41, 5.74) is 0. The van der Waals surface area contributed by atoms with E-state index >= 15 is 0 Å². The van der Waals surface area contributed by atoms with Crippen LogP contribution >= 0.6 is 7.14 Å². The maximum atomic E-state index is 14.4. The largest absolute Gasteiger partial charge is 0.308 e. The SMILES string of the molecule is O=P(c1ccccc1)(c1ccccc1)c1c(F)c(F)cc(F)c1F. The molecular formula is C18H11F4OP. The van der Waals surface area contributed by atoms with Crippen molar-refractivity contribution in [3.63, 3.8) is 0 Å². The second kappa shape index (κ2) is 6.25. The minimum absolute atomic E-state index is 0.0824. The number of hydrogen-bond acceptors (Lipinski definition) is 1. The van der Waals surface area contributed by atoms with Crippen LogP contribution in [0.1, 0.15) is 0 Å². The first kappa shape index (κ1) is 16.5. The Balaban J connectivity index is 2.44. The van der Waals surface area contributed by atoms with Gasteiger partial charge in [-0.15, -0.1) is 0 Å². The molecule has 0 amide bonds. The van der Waals surface area contributed by atoms with E-state index in [1.54, 1.807) is 12.1 Å². The van der Waals surface area contributed by atoms with Crippen molar-refractivity contribution in [2.24, 2.45) is 0 Å². The third kappa shape index (κ3) is 2.55. The van der Waals surface area contributed by atoms with Crippen molar-refractivity contribution in [1.29, 1.82) is 0 Å². The lowest BCUT2D eigenvalue weighted by Gasteiger charge is -2.21. The Labute approximate surface area is 135 Å². The summed E-state index contributed by atoms with van der Waals surface area (Å²) in [6.07, 6.45) is 0. The number of benzene rings is 3. The highest BCUT2D eigenvalue weighted by molar-refractivity contribution is 7.85. The fourth-order valence-electron chi connectivity index (χ4n) is 2.52. The number of halogens is 4. The van der Waals surface area contributed by atoms with Crippen molar-refractivity contribution in [2.75, 3.05) is 0 Å². The maximum absolute atomic E-state index is 14.4. The average Bonchev–Trinajstić information content (AvgIpc) is 2.61. The highest BCUT2D eigenvalue weighted by Gasteiger charge is 2.38. The molecule has 0 radical (unpaired) electrons. The molecule has 0 spiro atoms. The van der Waals surface area contributed by atoms with Crippen LogP contribution in [-0.2, 0) is 4.57 Å². The van der Waals surface area contributed by atoms with Crippen LogP contribution in [-0.4, -0.2) is 0 Å². The molecule has 122 valence electrons. The van der Waals surface area contributed by atoms with Gasteiger partial charge in [0, 0.05) is 16.7 Å². The lowest BCUT2D eigenvalue weighted by Crippen LogP contribution is -2.31. The third-order valence-electron chi connectivity index (χ3n) is 3.64. The van der Waals surface area contributed by atoms with Gasteiger partial charge in [0.25, 0.3) is 0 Å². The molecule has 0 aliphatic rings. The van der Waals surface area contributed by atoms with Crippen LogP contribution in [0.25, 0.3) is 0 Å². The van der Waals surface area contributed by atoms with Gasteiger partial charge in [-0.05, 0) is 0 Å². The molecular weight excluding hydrogens is 339 g/mol. The fourth-order valence-corrected chi connectivity index (χ4v) is 5.29. The van der Waals surface area contributed by atoms with Crippen molar-refractivity contribution in [3.8, 4) is 0 Å². The molecule has 0 aliphatic heterocycles. The van der Waals surface area contributed by atoms with E-state index in [4.69, 9.17) is 0 Å². The summed E-state index contributed by atoms with van der Waals surface area (Å²) in [5.74, 6) is -6.47. The minimum Gasteiger partial charge on any atom is -0.308 e. The molecule has 0 saturated heterocycles. The van der Waals surface area contributed by atoms with Crippen molar-refractivity contribution in [2.45, 2.75) is 0 Å². The van der Waals surface area contributed by atoms with Crippen LogP contribution in [0.15, 0.2) is 66.7 Å². The summed E-state index contributed by atoms with van der Waals surface area (Å²) in [4.78, 5) is 0. The van der Waals surface area contributed by atoms with Gasteiger partial charge in [-0.2, -0.15) is 0 Å².